The van der Waals surface area contributed by atoms with Gasteiger partial charge in [-0.25, -0.2) is 23.2 Å². The highest BCUT2D eigenvalue weighted by Crippen LogP contribution is 2.46. The van der Waals surface area contributed by atoms with Crippen LogP contribution < -0.4 is 4.90 Å². The van der Waals surface area contributed by atoms with E-state index in [1.54, 1.807) is 12.1 Å². The van der Waals surface area contributed by atoms with Gasteiger partial charge >= 0.3 is 5.97 Å². The van der Waals surface area contributed by atoms with Crippen molar-refractivity contribution in [3.8, 4) is 0 Å². The van der Waals surface area contributed by atoms with Gasteiger partial charge in [0.05, 0.1) is 12.7 Å². The van der Waals surface area contributed by atoms with Gasteiger partial charge in [-0.05, 0) is 24.3 Å². The second kappa shape index (κ2) is 5.50. The van der Waals surface area contributed by atoms with Crippen molar-refractivity contribution in [1.82, 2.24) is 20.0 Å². The van der Waals surface area contributed by atoms with Crippen LogP contribution in [0.15, 0.2) is 18.3 Å². The van der Waals surface area contributed by atoms with Gasteiger partial charge in [0.25, 0.3) is 6.43 Å². The van der Waals surface area contributed by atoms with Crippen LogP contribution in [0.2, 0.25) is 0 Å². The summed E-state index contributed by atoms with van der Waals surface area (Å²) in [4.78, 5) is 17.0. The molecule has 2 aliphatic rings. The number of nitrogens with zero attached hydrogens (tertiary/aromatic N) is 5. The molecule has 7 nitrogen and oxygen atoms in total. The maximum absolute atomic E-state index is 13.4. The van der Waals surface area contributed by atoms with Gasteiger partial charge in [0, 0.05) is 18.7 Å². The number of carbonyl (C=O) groups is 1. The predicted molar refractivity (Wildman–Crippen MR) is 79.1 cm³/mol. The summed E-state index contributed by atoms with van der Waals surface area (Å²) in [6.45, 7) is 1.76. The topological polar surface area (TPSA) is 84.1 Å². The number of aromatic nitrogens is 4. The second-order valence-electron chi connectivity index (χ2n) is 6.28. The van der Waals surface area contributed by atoms with Crippen molar-refractivity contribution in [2.75, 3.05) is 18.0 Å². The number of aromatic carboxylic acids is 1. The first-order valence-electron chi connectivity index (χ1n) is 7.67. The van der Waals surface area contributed by atoms with Crippen molar-refractivity contribution >= 4 is 11.8 Å². The minimum absolute atomic E-state index is 0.00150. The third-order valence-corrected chi connectivity index (χ3v) is 4.60. The Morgan fingerprint density at radius 3 is 2.71 bits per heavy atom. The van der Waals surface area contributed by atoms with Gasteiger partial charge < -0.3 is 10.0 Å². The average Bonchev–Trinajstić information content (AvgIpc) is 2.97. The summed E-state index contributed by atoms with van der Waals surface area (Å²) in [5.41, 5.74) is -0.213. The zero-order chi connectivity index (χ0) is 16.8. The van der Waals surface area contributed by atoms with Crippen LogP contribution >= 0.6 is 0 Å². The van der Waals surface area contributed by atoms with Crippen molar-refractivity contribution in [3.63, 3.8) is 0 Å². The lowest BCUT2D eigenvalue weighted by molar-refractivity contribution is 0.0690. The molecule has 1 saturated heterocycles. The zero-order valence-corrected chi connectivity index (χ0v) is 12.6. The second-order valence-corrected chi connectivity index (χ2v) is 6.28. The van der Waals surface area contributed by atoms with Crippen molar-refractivity contribution in [3.05, 3.63) is 35.3 Å². The van der Waals surface area contributed by atoms with Gasteiger partial charge in [-0.2, -0.15) is 0 Å². The molecule has 2 atom stereocenters. The fourth-order valence-electron chi connectivity index (χ4n) is 3.23. The Kier molecular flexibility index (Phi) is 3.43. The number of carboxylic acids is 1. The lowest BCUT2D eigenvalue weighted by Gasteiger charge is -2.20. The SMILES string of the molecule is O=C(O)c1cn(Cc2ccc(N3CC4CC4C3)nc2C(F)F)nn1. The summed E-state index contributed by atoms with van der Waals surface area (Å²) >= 11 is 0. The number of anilines is 1. The molecule has 3 heterocycles. The number of pyridine rings is 1. The van der Waals surface area contributed by atoms with Crippen LogP contribution in [-0.2, 0) is 6.54 Å². The molecular formula is C15H15F2N5O2. The quantitative estimate of drug-likeness (QED) is 0.897. The van der Waals surface area contributed by atoms with E-state index < -0.39 is 12.4 Å². The van der Waals surface area contributed by atoms with Crippen LogP contribution in [0.1, 0.15) is 34.6 Å². The largest absolute Gasteiger partial charge is 0.476 e. The molecular weight excluding hydrogens is 320 g/mol. The summed E-state index contributed by atoms with van der Waals surface area (Å²) < 4.78 is 28.0. The van der Waals surface area contributed by atoms with Crippen LogP contribution in [0.3, 0.4) is 0 Å². The van der Waals surface area contributed by atoms with E-state index in [2.05, 4.69) is 15.3 Å². The first-order valence-corrected chi connectivity index (χ1v) is 7.67. The molecule has 0 spiro atoms. The maximum atomic E-state index is 13.4. The molecule has 1 N–H and O–H groups in total. The average molecular weight is 335 g/mol. The highest BCUT2D eigenvalue weighted by Gasteiger charge is 2.45. The third-order valence-electron chi connectivity index (χ3n) is 4.60. The maximum Gasteiger partial charge on any atom is 0.358 e. The van der Waals surface area contributed by atoms with Crippen LogP contribution in [-0.4, -0.2) is 44.1 Å². The number of halogens is 2. The lowest BCUT2D eigenvalue weighted by atomic mass is 10.2. The molecule has 1 aliphatic heterocycles. The fraction of sp³-hybridized carbons (Fsp3) is 0.467. The Morgan fingerprint density at radius 1 is 1.33 bits per heavy atom. The molecule has 126 valence electrons. The van der Waals surface area contributed by atoms with E-state index in [9.17, 15) is 13.6 Å². The van der Waals surface area contributed by atoms with Gasteiger partial charge in [0.2, 0.25) is 0 Å². The Labute approximate surface area is 135 Å². The number of fused-ring (bicyclic) bond motifs is 1. The lowest BCUT2D eigenvalue weighted by Crippen LogP contribution is -2.23. The molecule has 0 bridgehead atoms. The summed E-state index contributed by atoms with van der Waals surface area (Å²) in [5.74, 6) is 0.736. The zero-order valence-electron chi connectivity index (χ0n) is 12.6. The molecule has 2 unspecified atom stereocenters. The first kappa shape index (κ1) is 15.0. The number of piperidine rings is 1. The van der Waals surface area contributed by atoms with Crippen molar-refractivity contribution in [1.29, 1.82) is 0 Å². The summed E-state index contributed by atoms with van der Waals surface area (Å²) in [6, 6.07) is 3.34. The summed E-state index contributed by atoms with van der Waals surface area (Å²) in [5, 5.41) is 16.0. The Hall–Kier alpha value is -2.58. The van der Waals surface area contributed by atoms with E-state index >= 15 is 0 Å². The summed E-state index contributed by atoms with van der Waals surface area (Å²) in [6.07, 6.45) is -0.270. The first-order chi connectivity index (χ1) is 11.5. The van der Waals surface area contributed by atoms with E-state index in [1.807, 2.05) is 4.90 Å². The van der Waals surface area contributed by atoms with Crippen molar-refractivity contribution in [2.45, 2.75) is 19.4 Å². The molecule has 0 amide bonds. The number of alkyl halides is 2. The Balaban J connectivity index is 1.58. The minimum atomic E-state index is -2.71. The smallest absolute Gasteiger partial charge is 0.358 e. The van der Waals surface area contributed by atoms with E-state index in [0.29, 0.717) is 23.2 Å². The van der Waals surface area contributed by atoms with Crippen LogP contribution in [0.5, 0.6) is 0 Å². The number of rotatable bonds is 5. The highest BCUT2D eigenvalue weighted by atomic mass is 19.3. The van der Waals surface area contributed by atoms with E-state index in [-0.39, 0.29) is 17.9 Å². The number of hydrogen-bond donors (Lipinski definition) is 1. The van der Waals surface area contributed by atoms with Gasteiger partial charge in [-0.1, -0.05) is 11.3 Å². The normalized spacial score (nSPS) is 22.0. The molecule has 9 heteroatoms. The molecule has 24 heavy (non-hydrogen) atoms. The molecule has 1 saturated carbocycles. The third kappa shape index (κ3) is 2.70. The van der Waals surface area contributed by atoms with Crippen LogP contribution in [0, 0.1) is 11.8 Å². The highest BCUT2D eigenvalue weighted by molar-refractivity contribution is 5.84. The van der Waals surface area contributed by atoms with Crippen LogP contribution in [0.25, 0.3) is 0 Å². The van der Waals surface area contributed by atoms with Crippen molar-refractivity contribution in [2.24, 2.45) is 11.8 Å². The van der Waals surface area contributed by atoms with Gasteiger partial charge in [-0.3, -0.25) is 0 Å². The molecule has 2 fully saturated rings. The predicted octanol–water partition coefficient (Wildman–Crippen LogP) is 1.81. The van der Waals surface area contributed by atoms with Crippen molar-refractivity contribution < 1.29 is 18.7 Å². The molecule has 4 rings (SSSR count). The monoisotopic (exact) mass is 335 g/mol. The van der Waals surface area contributed by atoms with E-state index in [1.165, 1.54) is 17.3 Å². The van der Waals surface area contributed by atoms with Gasteiger partial charge in [-0.15, -0.1) is 5.10 Å². The number of hydrogen-bond acceptors (Lipinski definition) is 5. The van der Waals surface area contributed by atoms with Crippen LogP contribution in [0.4, 0.5) is 14.6 Å². The van der Waals surface area contributed by atoms with Gasteiger partial charge in [0.15, 0.2) is 5.69 Å². The Morgan fingerprint density at radius 2 is 2.08 bits per heavy atom. The number of carboxylic acid groups (broad SMARTS) is 1. The molecule has 0 aromatic carbocycles. The summed E-state index contributed by atoms with van der Waals surface area (Å²) in [7, 11) is 0. The van der Waals surface area contributed by atoms with Gasteiger partial charge in [0.1, 0.15) is 11.5 Å². The molecule has 2 aromatic rings. The standard InChI is InChI=1S/C15H15F2N5O2/c16-14(17)13-8(6-22-7-11(15(23)24)19-20-22)1-2-12(18-13)21-4-9-3-10(9)5-21/h1-2,7,9-10,14H,3-6H2,(H,23,24). The molecule has 2 aromatic heterocycles. The molecule has 1 aliphatic carbocycles. The van der Waals surface area contributed by atoms with E-state index in [0.717, 1.165) is 13.1 Å². The molecule has 0 radical (unpaired) electrons. The Bertz CT molecular complexity index is 784. The minimum Gasteiger partial charge on any atom is -0.476 e. The van der Waals surface area contributed by atoms with E-state index in [4.69, 9.17) is 5.11 Å². The fourth-order valence-corrected chi connectivity index (χ4v) is 3.23.